The lowest BCUT2D eigenvalue weighted by Crippen LogP contribution is -2.22. The molecule has 0 bridgehead atoms. The van der Waals surface area contributed by atoms with Crippen LogP contribution >= 0.6 is 23.1 Å². The maximum Gasteiger partial charge on any atom is 0.0471 e. The van der Waals surface area contributed by atoms with Gasteiger partial charge in [-0.2, -0.15) is 11.8 Å². The molecule has 1 atom stereocenters. The van der Waals surface area contributed by atoms with Crippen LogP contribution in [0.3, 0.4) is 0 Å². The van der Waals surface area contributed by atoms with Gasteiger partial charge in [-0.1, -0.05) is 13.0 Å². The Hall–Kier alpha value is -0.840. The average molecular weight is 319 g/mol. The van der Waals surface area contributed by atoms with Crippen LogP contribution in [0.1, 0.15) is 39.5 Å². The van der Waals surface area contributed by atoms with Gasteiger partial charge in [0.15, 0.2) is 0 Å². The van der Waals surface area contributed by atoms with Crippen molar-refractivity contribution in [1.82, 2.24) is 10.3 Å². The lowest BCUT2D eigenvalue weighted by Gasteiger charge is -2.17. The monoisotopic (exact) mass is 318 g/mol. The molecule has 2 aromatic rings. The fraction of sp³-hybridized carbons (Fsp3) is 0.471. The van der Waals surface area contributed by atoms with E-state index in [4.69, 9.17) is 0 Å². The molecule has 0 radical (unpaired) electrons. The molecular weight excluding hydrogens is 296 g/mol. The Morgan fingerprint density at radius 1 is 1.43 bits per heavy atom. The van der Waals surface area contributed by atoms with Crippen molar-refractivity contribution in [2.45, 2.75) is 38.5 Å². The van der Waals surface area contributed by atoms with E-state index < -0.39 is 0 Å². The van der Waals surface area contributed by atoms with Crippen molar-refractivity contribution in [3.8, 4) is 0 Å². The number of hydrogen-bond donors (Lipinski definition) is 1. The van der Waals surface area contributed by atoms with Crippen LogP contribution < -0.4 is 5.32 Å². The number of rotatable bonds is 5. The number of likely N-dealkylation sites (N-methyl/N-ethyl adjacent to an activating group) is 1. The van der Waals surface area contributed by atoms with Gasteiger partial charge in [0, 0.05) is 39.9 Å². The summed E-state index contributed by atoms with van der Waals surface area (Å²) in [6, 6.07) is 6.99. The molecule has 2 nitrogen and oxygen atoms in total. The summed E-state index contributed by atoms with van der Waals surface area (Å²) < 4.78 is 0. The van der Waals surface area contributed by atoms with Crippen molar-refractivity contribution in [2.75, 3.05) is 12.3 Å². The Balaban J connectivity index is 1.84. The summed E-state index contributed by atoms with van der Waals surface area (Å²) in [5.41, 5.74) is 4.06. The van der Waals surface area contributed by atoms with Gasteiger partial charge < -0.3 is 5.32 Å². The summed E-state index contributed by atoms with van der Waals surface area (Å²) in [6.45, 7) is 5.33. The van der Waals surface area contributed by atoms with Gasteiger partial charge in [0.25, 0.3) is 0 Å². The van der Waals surface area contributed by atoms with Crippen LogP contribution in [0.4, 0.5) is 0 Å². The van der Waals surface area contributed by atoms with Gasteiger partial charge in [-0.3, -0.25) is 4.98 Å². The van der Waals surface area contributed by atoms with Crippen molar-refractivity contribution in [2.24, 2.45) is 0 Å². The number of thioether (sulfide) groups is 1. The third-order valence-electron chi connectivity index (χ3n) is 3.96. The van der Waals surface area contributed by atoms with Gasteiger partial charge in [0.1, 0.15) is 0 Å². The number of fused-ring (bicyclic) bond motifs is 1. The maximum atomic E-state index is 4.57. The van der Waals surface area contributed by atoms with E-state index in [1.807, 2.05) is 23.6 Å². The lowest BCUT2D eigenvalue weighted by atomic mass is 10.0. The zero-order chi connectivity index (χ0) is 14.7. The van der Waals surface area contributed by atoms with E-state index in [1.165, 1.54) is 34.1 Å². The number of nitrogens with zero attached hydrogens (tertiary/aromatic N) is 1. The third-order valence-corrected chi connectivity index (χ3v) is 6.31. The minimum absolute atomic E-state index is 0.393. The summed E-state index contributed by atoms with van der Waals surface area (Å²) in [4.78, 5) is 7.65. The van der Waals surface area contributed by atoms with Crippen LogP contribution in [0, 0.1) is 6.92 Å². The fourth-order valence-electron chi connectivity index (χ4n) is 2.79. The highest BCUT2D eigenvalue weighted by atomic mass is 32.2. The zero-order valence-corrected chi connectivity index (χ0v) is 14.3. The van der Waals surface area contributed by atoms with E-state index in [0.29, 0.717) is 6.04 Å². The topological polar surface area (TPSA) is 24.9 Å². The highest BCUT2D eigenvalue weighted by Gasteiger charge is 2.20. The minimum atomic E-state index is 0.393. The highest BCUT2D eigenvalue weighted by molar-refractivity contribution is 7.98. The average Bonchev–Trinajstić information content (AvgIpc) is 2.93. The number of thiophene rings is 1. The Kier molecular flexibility index (Phi) is 4.99. The van der Waals surface area contributed by atoms with Gasteiger partial charge in [0.2, 0.25) is 0 Å². The Labute approximate surface area is 135 Å². The molecule has 21 heavy (non-hydrogen) atoms. The maximum absolute atomic E-state index is 4.57. The van der Waals surface area contributed by atoms with E-state index in [1.54, 1.807) is 10.4 Å². The van der Waals surface area contributed by atoms with Gasteiger partial charge >= 0.3 is 0 Å². The highest BCUT2D eigenvalue weighted by Crippen LogP contribution is 2.35. The van der Waals surface area contributed by atoms with Gasteiger partial charge in [-0.15, -0.1) is 11.3 Å². The summed E-state index contributed by atoms with van der Waals surface area (Å²) in [7, 11) is 0. The molecule has 0 fully saturated rings. The fourth-order valence-corrected chi connectivity index (χ4v) is 5.24. The Morgan fingerprint density at radius 3 is 3.10 bits per heavy atom. The molecule has 0 amide bonds. The minimum Gasteiger partial charge on any atom is -0.309 e. The Bertz CT molecular complexity index is 583. The van der Waals surface area contributed by atoms with Crippen molar-refractivity contribution in [3.05, 3.63) is 51.0 Å². The molecule has 1 aliphatic heterocycles. The predicted molar refractivity (Wildman–Crippen MR) is 93.3 cm³/mol. The second-order valence-electron chi connectivity index (χ2n) is 5.48. The number of aryl methyl sites for hydroxylation is 2. The summed E-state index contributed by atoms with van der Waals surface area (Å²) in [5, 5.41) is 3.65. The summed E-state index contributed by atoms with van der Waals surface area (Å²) >= 11 is 4.06. The molecule has 0 aliphatic carbocycles. The number of aromatic nitrogens is 1. The van der Waals surface area contributed by atoms with Crippen molar-refractivity contribution in [1.29, 1.82) is 0 Å². The smallest absolute Gasteiger partial charge is 0.0471 e. The third kappa shape index (κ3) is 3.50. The molecule has 112 valence electrons. The molecule has 3 heterocycles. The van der Waals surface area contributed by atoms with Gasteiger partial charge in [-0.05, 0) is 48.9 Å². The Morgan fingerprint density at radius 2 is 2.33 bits per heavy atom. The molecule has 1 unspecified atom stereocenters. The van der Waals surface area contributed by atoms with Crippen molar-refractivity contribution < 1.29 is 0 Å². The quantitative estimate of drug-likeness (QED) is 0.897. The lowest BCUT2D eigenvalue weighted by molar-refractivity contribution is 0.550. The standard InChI is InChI=1S/C17H22N2S2/c1-3-18-15(10-14-12(2)5-4-7-19-14)17-9-13-11-20-8-6-16(13)21-17/h4-5,7,9,15,18H,3,6,8,10-11H2,1-2H3. The number of pyridine rings is 1. The van der Waals surface area contributed by atoms with Crippen LogP contribution in [0.5, 0.6) is 0 Å². The second kappa shape index (κ2) is 6.95. The second-order valence-corrected chi connectivity index (χ2v) is 7.75. The number of hydrogen-bond acceptors (Lipinski definition) is 4. The van der Waals surface area contributed by atoms with Crippen LogP contribution in [0.15, 0.2) is 24.4 Å². The molecule has 0 saturated heterocycles. The largest absolute Gasteiger partial charge is 0.309 e. The molecule has 2 aromatic heterocycles. The normalized spacial score (nSPS) is 15.7. The van der Waals surface area contributed by atoms with E-state index in [9.17, 15) is 0 Å². The van der Waals surface area contributed by atoms with Crippen molar-refractivity contribution in [3.63, 3.8) is 0 Å². The summed E-state index contributed by atoms with van der Waals surface area (Å²) in [6.07, 6.45) is 4.13. The van der Waals surface area contributed by atoms with E-state index in [2.05, 4.69) is 48.0 Å². The van der Waals surface area contributed by atoms with E-state index in [-0.39, 0.29) is 0 Å². The van der Waals surface area contributed by atoms with Crippen molar-refractivity contribution >= 4 is 23.1 Å². The van der Waals surface area contributed by atoms with E-state index in [0.717, 1.165) is 13.0 Å². The zero-order valence-electron chi connectivity index (χ0n) is 12.7. The first-order chi connectivity index (χ1) is 10.3. The molecular formula is C17H22N2S2. The van der Waals surface area contributed by atoms with Crippen LogP contribution in [-0.4, -0.2) is 17.3 Å². The summed E-state index contributed by atoms with van der Waals surface area (Å²) in [5.74, 6) is 2.46. The molecule has 3 rings (SSSR count). The SMILES string of the molecule is CCNC(Cc1ncccc1C)c1cc2c(s1)CCSC2. The molecule has 4 heteroatoms. The number of nitrogens with one attached hydrogen (secondary N) is 1. The first kappa shape index (κ1) is 15.1. The first-order valence-corrected chi connectivity index (χ1v) is 9.58. The van der Waals surface area contributed by atoms with Crippen LogP contribution in [0.2, 0.25) is 0 Å². The van der Waals surface area contributed by atoms with Gasteiger partial charge in [-0.25, -0.2) is 0 Å². The molecule has 0 aromatic carbocycles. The molecule has 0 spiro atoms. The predicted octanol–water partition coefficient (Wildman–Crippen LogP) is 4.13. The molecule has 0 saturated carbocycles. The van der Waals surface area contributed by atoms with Gasteiger partial charge in [0.05, 0.1) is 0 Å². The van der Waals surface area contributed by atoms with Crippen LogP contribution in [-0.2, 0) is 18.6 Å². The first-order valence-electron chi connectivity index (χ1n) is 7.61. The molecule has 1 N–H and O–H groups in total. The molecule has 1 aliphatic rings. The van der Waals surface area contributed by atoms with E-state index >= 15 is 0 Å². The van der Waals surface area contributed by atoms with Crippen LogP contribution in [0.25, 0.3) is 0 Å².